The molecule has 0 unspecified atom stereocenters. The zero-order chi connectivity index (χ0) is 21.8. The fraction of sp³-hybridized carbons (Fsp3) is 0.280. The molecule has 1 N–H and O–H groups in total. The van der Waals surface area contributed by atoms with Crippen LogP contribution in [0.25, 0.3) is 0 Å². The first-order valence-corrected chi connectivity index (χ1v) is 11.2. The van der Waals surface area contributed by atoms with E-state index in [1.54, 1.807) is 24.3 Å². The van der Waals surface area contributed by atoms with Gasteiger partial charge in [0.25, 0.3) is 5.91 Å². The number of thiophene rings is 1. The van der Waals surface area contributed by atoms with E-state index < -0.39 is 0 Å². The number of ether oxygens (including phenoxy) is 1. The van der Waals surface area contributed by atoms with Crippen molar-refractivity contribution in [1.82, 2.24) is 4.90 Å². The molecule has 2 aromatic carbocycles. The Bertz CT molecular complexity index is 1100. The summed E-state index contributed by atoms with van der Waals surface area (Å²) in [6.07, 6.45) is 0.898. The predicted octanol–water partition coefficient (Wildman–Crippen LogP) is 5.64. The molecule has 4 rings (SSSR count). The van der Waals surface area contributed by atoms with Crippen molar-refractivity contribution >= 4 is 34.7 Å². The molecule has 166 valence electrons. The van der Waals surface area contributed by atoms with Gasteiger partial charge in [0.2, 0.25) is 0 Å². The van der Waals surface area contributed by atoms with Gasteiger partial charge in [0.15, 0.2) is 0 Å². The molecule has 1 aromatic heterocycles. The highest BCUT2D eigenvalue weighted by Gasteiger charge is 2.25. The Labute approximate surface area is 199 Å². The van der Waals surface area contributed by atoms with Gasteiger partial charge in [0.1, 0.15) is 16.8 Å². The second-order valence-electron chi connectivity index (χ2n) is 7.91. The number of hydrogen-bond donors (Lipinski definition) is 1. The molecular weight excluding hydrogens is 442 g/mol. The van der Waals surface area contributed by atoms with Crippen LogP contribution in [0.1, 0.15) is 45.8 Å². The summed E-state index contributed by atoms with van der Waals surface area (Å²) in [5.74, 6) is 0.515. The zero-order valence-electron chi connectivity index (χ0n) is 18.1. The van der Waals surface area contributed by atoms with Crippen LogP contribution in [0.15, 0.2) is 54.6 Å². The van der Waals surface area contributed by atoms with E-state index >= 15 is 0 Å². The van der Waals surface area contributed by atoms with Gasteiger partial charge in [0.05, 0.1) is 11.7 Å². The van der Waals surface area contributed by atoms with Gasteiger partial charge in [-0.25, -0.2) is 0 Å². The smallest absolute Gasteiger partial charge is 0.256 e. The summed E-state index contributed by atoms with van der Waals surface area (Å²) in [6.45, 7) is 6.50. The molecule has 0 bridgehead atoms. The monoisotopic (exact) mass is 467 g/mol. The molecular formula is C25H26ClN3O2S. The lowest BCUT2D eigenvalue weighted by Crippen LogP contribution is -2.29. The third-order valence-electron chi connectivity index (χ3n) is 5.21. The number of hydrogen-bond acceptors (Lipinski definition) is 5. The maximum Gasteiger partial charge on any atom is 0.256 e. The SMILES string of the molecule is CC(C)Oc1ccc(C(=O)Nc2sc3c(c2C#N)CCN(Cc2ccccc2)C3)cc1.Cl. The molecule has 0 aliphatic carbocycles. The summed E-state index contributed by atoms with van der Waals surface area (Å²) in [4.78, 5) is 16.3. The first-order chi connectivity index (χ1) is 15.0. The van der Waals surface area contributed by atoms with E-state index in [-0.39, 0.29) is 24.4 Å². The van der Waals surface area contributed by atoms with Gasteiger partial charge in [-0.05, 0) is 55.7 Å². The maximum absolute atomic E-state index is 12.8. The number of fused-ring (bicyclic) bond motifs is 1. The normalized spacial score (nSPS) is 13.1. The fourth-order valence-corrected chi connectivity index (χ4v) is 5.01. The molecule has 1 aliphatic heterocycles. The lowest BCUT2D eigenvalue weighted by atomic mass is 10.0. The standard InChI is InChI=1S/C25H25N3O2S.ClH/c1-17(2)30-20-10-8-19(9-11-20)24(29)27-25-22(14-26)21-12-13-28(16-23(21)31-25)15-18-6-4-3-5-7-18;/h3-11,17H,12-13,15-16H2,1-2H3,(H,27,29);1H. The highest BCUT2D eigenvalue weighted by molar-refractivity contribution is 7.16. The van der Waals surface area contributed by atoms with Crippen molar-refractivity contribution in [1.29, 1.82) is 5.26 Å². The van der Waals surface area contributed by atoms with Crippen molar-refractivity contribution in [3.05, 3.63) is 81.7 Å². The molecule has 0 atom stereocenters. The lowest BCUT2D eigenvalue weighted by molar-refractivity contribution is 0.102. The van der Waals surface area contributed by atoms with Crippen molar-refractivity contribution in [3.63, 3.8) is 0 Å². The number of benzene rings is 2. The summed E-state index contributed by atoms with van der Waals surface area (Å²) < 4.78 is 5.63. The Morgan fingerprint density at radius 3 is 2.56 bits per heavy atom. The van der Waals surface area contributed by atoms with Crippen LogP contribution in [0.5, 0.6) is 5.75 Å². The van der Waals surface area contributed by atoms with Gasteiger partial charge in [-0.1, -0.05) is 30.3 Å². The summed E-state index contributed by atoms with van der Waals surface area (Å²) in [6, 6.07) is 19.8. The van der Waals surface area contributed by atoms with Crippen LogP contribution in [0.3, 0.4) is 0 Å². The number of nitrogens with zero attached hydrogens (tertiary/aromatic N) is 2. The van der Waals surface area contributed by atoms with Crippen LogP contribution < -0.4 is 10.1 Å². The third-order valence-corrected chi connectivity index (χ3v) is 6.34. The largest absolute Gasteiger partial charge is 0.491 e. The van der Waals surface area contributed by atoms with E-state index in [1.165, 1.54) is 16.9 Å². The van der Waals surface area contributed by atoms with Crippen LogP contribution in [0.2, 0.25) is 0 Å². The summed E-state index contributed by atoms with van der Waals surface area (Å²) in [7, 11) is 0. The number of anilines is 1. The molecule has 0 saturated carbocycles. The number of nitrogens with one attached hydrogen (secondary N) is 1. The quantitative estimate of drug-likeness (QED) is 0.509. The van der Waals surface area contributed by atoms with Gasteiger partial charge in [0, 0.05) is 30.1 Å². The number of nitriles is 1. The number of halogens is 1. The van der Waals surface area contributed by atoms with E-state index in [9.17, 15) is 10.1 Å². The minimum atomic E-state index is -0.215. The number of rotatable bonds is 6. The third kappa shape index (κ3) is 5.49. The van der Waals surface area contributed by atoms with Crippen molar-refractivity contribution < 1.29 is 9.53 Å². The van der Waals surface area contributed by atoms with Crippen molar-refractivity contribution in [2.75, 3.05) is 11.9 Å². The van der Waals surface area contributed by atoms with Crippen LogP contribution in [-0.4, -0.2) is 23.5 Å². The fourth-order valence-electron chi connectivity index (χ4n) is 3.77. The second kappa shape index (κ2) is 10.6. The van der Waals surface area contributed by atoms with Crippen molar-refractivity contribution in [2.24, 2.45) is 0 Å². The molecule has 1 aliphatic rings. The molecule has 0 spiro atoms. The van der Waals surface area contributed by atoms with Crippen LogP contribution in [0.4, 0.5) is 5.00 Å². The average Bonchev–Trinajstić information content (AvgIpc) is 3.10. The molecule has 0 fully saturated rings. The predicted molar refractivity (Wildman–Crippen MR) is 131 cm³/mol. The van der Waals surface area contributed by atoms with Crippen LogP contribution in [0, 0.1) is 11.3 Å². The Morgan fingerprint density at radius 1 is 1.19 bits per heavy atom. The lowest BCUT2D eigenvalue weighted by Gasteiger charge is -2.26. The van der Waals surface area contributed by atoms with Gasteiger partial charge >= 0.3 is 0 Å². The van der Waals surface area contributed by atoms with E-state index in [0.29, 0.717) is 16.1 Å². The minimum absolute atomic E-state index is 0. The Balaban J connectivity index is 0.00000289. The van der Waals surface area contributed by atoms with Crippen molar-refractivity contribution in [2.45, 2.75) is 39.5 Å². The van der Waals surface area contributed by atoms with E-state index in [4.69, 9.17) is 4.74 Å². The molecule has 0 radical (unpaired) electrons. The maximum atomic E-state index is 12.8. The topological polar surface area (TPSA) is 65.4 Å². The molecule has 5 nitrogen and oxygen atoms in total. The van der Waals surface area contributed by atoms with Gasteiger partial charge in [-0.3, -0.25) is 9.69 Å². The van der Waals surface area contributed by atoms with Crippen LogP contribution >= 0.6 is 23.7 Å². The summed E-state index contributed by atoms with van der Waals surface area (Å²) in [5.41, 5.74) is 3.50. The molecule has 0 saturated heterocycles. The molecule has 1 amide bonds. The van der Waals surface area contributed by atoms with E-state index in [0.717, 1.165) is 42.2 Å². The number of carbonyl (C=O) groups excluding carboxylic acids is 1. The van der Waals surface area contributed by atoms with E-state index in [2.05, 4.69) is 40.6 Å². The van der Waals surface area contributed by atoms with Gasteiger partial charge in [-0.2, -0.15) is 5.26 Å². The number of carbonyl (C=O) groups is 1. The first-order valence-electron chi connectivity index (χ1n) is 10.4. The molecule has 2 heterocycles. The molecule has 7 heteroatoms. The highest BCUT2D eigenvalue weighted by atomic mass is 35.5. The van der Waals surface area contributed by atoms with Gasteiger partial charge < -0.3 is 10.1 Å². The second-order valence-corrected chi connectivity index (χ2v) is 9.02. The highest BCUT2D eigenvalue weighted by Crippen LogP contribution is 2.37. The van der Waals surface area contributed by atoms with Gasteiger partial charge in [-0.15, -0.1) is 23.7 Å². The van der Waals surface area contributed by atoms with Crippen LogP contribution in [-0.2, 0) is 19.5 Å². The summed E-state index contributed by atoms with van der Waals surface area (Å²) >= 11 is 1.51. The molecule has 3 aromatic rings. The summed E-state index contributed by atoms with van der Waals surface area (Å²) in [5, 5.41) is 13.3. The zero-order valence-corrected chi connectivity index (χ0v) is 19.8. The van der Waals surface area contributed by atoms with Crippen molar-refractivity contribution in [3.8, 4) is 11.8 Å². The Hall–Kier alpha value is -2.85. The minimum Gasteiger partial charge on any atom is -0.491 e. The van der Waals surface area contributed by atoms with E-state index in [1.807, 2.05) is 19.9 Å². The molecule has 32 heavy (non-hydrogen) atoms. The first kappa shape index (κ1) is 23.8. The Morgan fingerprint density at radius 2 is 1.91 bits per heavy atom. The average molecular weight is 468 g/mol. The number of amides is 1. The Kier molecular flexibility index (Phi) is 7.92.